The van der Waals surface area contributed by atoms with Crippen LogP contribution in [0.5, 0.6) is 0 Å². The zero-order valence-corrected chi connectivity index (χ0v) is 11.9. The lowest BCUT2D eigenvalue weighted by Crippen LogP contribution is -2.30. The highest BCUT2D eigenvalue weighted by Gasteiger charge is 2.27. The number of anilines is 1. The minimum Gasteiger partial charge on any atom is -0.423 e. The molecule has 1 heterocycles. The third-order valence-electron chi connectivity index (χ3n) is 3.73. The molecule has 0 radical (unpaired) electrons. The van der Waals surface area contributed by atoms with Crippen LogP contribution < -0.4 is 5.32 Å². The Balaban J connectivity index is 1.62. The van der Waals surface area contributed by atoms with E-state index >= 15 is 0 Å². The monoisotopic (exact) mass is 290 g/mol. The van der Waals surface area contributed by atoms with E-state index in [4.69, 9.17) is 4.42 Å². The molecule has 1 saturated carbocycles. The highest BCUT2D eigenvalue weighted by atomic mass is 16.6. The molecule has 21 heavy (non-hydrogen) atoms. The van der Waals surface area contributed by atoms with Crippen LogP contribution in [-0.2, 0) is 0 Å². The molecule has 7 nitrogen and oxygen atoms in total. The molecule has 0 bridgehead atoms. The largest absolute Gasteiger partial charge is 0.423 e. The summed E-state index contributed by atoms with van der Waals surface area (Å²) in [5, 5.41) is 13.9. The Morgan fingerprint density at radius 2 is 2.33 bits per heavy atom. The number of benzene rings is 1. The SMILES string of the molecule is CCN(CCNc1nc2ccc([N+](=O)[O-])cc2o1)C1CC1. The highest BCUT2D eigenvalue weighted by Crippen LogP contribution is 2.26. The van der Waals surface area contributed by atoms with Crippen molar-refractivity contribution in [1.82, 2.24) is 9.88 Å². The van der Waals surface area contributed by atoms with Gasteiger partial charge in [0.25, 0.3) is 11.7 Å². The summed E-state index contributed by atoms with van der Waals surface area (Å²) in [5.74, 6) is 0. The fourth-order valence-electron chi connectivity index (χ4n) is 2.45. The number of aromatic nitrogens is 1. The number of oxazole rings is 1. The zero-order valence-electron chi connectivity index (χ0n) is 11.9. The summed E-state index contributed by atoms with van der Waals surface area (Å²) in [7, 11) is 0. The molecule has 1 aromatic heterocycles. The van der Waals surface area contributed by atoms with Gasteiger partial charge in [0, 0.05) is 25.2 Å². The average molecular weight is 290 g/mol. The Morgan fingerprint density at radius 1 is 1.52 bits per heavy atom. The number of nitro benzene ring substituents is 1. The summed E-state index contributed by atoms with van der Waals surface area (Å²) in [6, 6.07) is 5.59. The average Bonchev–Trinajstić information content (AvgIpc) is 3.22. The summed E-state index contributed by atoms with van der Waals surface area (Å²) < 4.78 is 5.51. The fourth-order valence-corrected chi connectivity index (χ4v) is 2.45. The topological polar surface area (TPSA) is 84.4 Å². The Labute approximate surface area is 122 Å². The van der Waals surface area contributed by atoms with Gasteiger partial charge in [-0.25, -0.2) is 0 Å². The first-order chi connectivity index (χ1) is 10.2. The summed E-state index contributed by atoms with van der Waals surface area (Å²) in [6.07, 6.45) is 2.58. The molecular weight excluding hydrogens is 272 g/mol. The lowest BCUT2D eigenvalue weighted by molar-refractivity contribution is -0.384. The van der Waals surface area contributed by atoms with Gasteiger partial charge in [-0.2, -0.15) is 4.98 Å². The van der Waals surface area contributed by atoms with Crippen LogP contribution >= 0.6 is 0 Å². The van der Waals surface area contributed by atoms with Crippen molar-refractivity contribution in [2.24, 2.45) is 0 Å². The number of nitrogens with zero attached hydrogens (tertiary/aromatic N) is 3. The second-order valence-electron chi connectivity index (χ2n) is 5.21. The first kappa shape index (κ1) is 13.8. The van der Waals surface area contributed by atoms with Gasteiger partial charge in [0.05, 0.1) is 11.0 Å². The third-order valence-corrected chi connectivity index (χ3v) is 3.73. The van der Waals surface area contributed by atoms with E-state index in [2.05, 4.69) is 22.1 Å². The summed E-state index contributed by atoms with van der Waals surface area (Å²) in [4.78, 5) is 17.0. The summed E-state index contributed by atoms with van der Waals surface area (Å²) >= 11 is 0. The van der Waals surface area contributed by atoms with Crippen LogP contribution in [0.2, 0.25) is 0 Å². The normalized spacial score (nSPS) is 14.8. The molecule has 1 N–H and O–H groups in total. The van der Waals surface area contributed by atoms with Crippen molar-refractivity contribution in [2.45, 2.75) is 25.8 Å². The quantitative estimate of drug-likeness (QED) is 0.623. The van der Waals surface area contributed by atoms with E-state index < -0.39 is 4.92 Å². The fraction of sp³-hybridized carbons (Fsp3) is 0.500. The standard InChI is InChI=1S/C14H18N4O3/c1-2-17(10-3-4-10)8-7-15-14-16-12-6-5-11(18(19)20)9-13(12)21-14/h5-6,9-10H,2-4,7-8H2,1H3,(H,15,16). The van der Waals surface area contributed by atoms with Crippen molar-refractivity contribution in [3.8, 4) is 0 Å². The minimum absolute atomic E-state index is 0.0103. The van der Waals surface area contributed by atoms with Gasteiger partial charge in [0.1, 0.15) is 5.52 Å². The van der Waals surface area contributed by atoms with E-state index in [0.717, 1.165) is 25.7 Å². The van der Waals surface area contributed by atoms with Gasteiger partial charge in [-0.1, -0.05) is 6.92 Å². The molecule has 1 aliphatic carbocycles. The molecule has 1 aliphatic rings. The van der Waals surface area contributed by atoms with E-state index in [9.17, 15) is 10.1 Å². The van der Waals surface area contributed by atoms with Crippen molar-refractivity contribution in [1.29, 1.82) is 0 Å². The lowest BCUT2D eigenvalue weighted by atomic mass is 10.3. The van der Waals surface area contributed by atoms with Gasteiger partial charge in [-0.3, -0.25) is 15.0 Å². The Morgan fingerprint density at radius 3 is 3.00 bits per heavy atom. The molecule has 0 aliphatic heterocycles. The van der Waals surface area contributed by atoms with E-state index in [1.807, 2.05) is 0 Å². The van der Waals surface area contributed by atoms with Crippen molar-refractivity contribution in [2.75, 3.05) is 25.0 Å². The van der Waals surface area contributed by atoms with Crippen LogP contribution in [-0.4, -0.2) is 40.5 Å². The molecule has 112 valence electrons. The van der Waals surface area contributed by atoms with Gasteiger partial charge >= 0.3 is 0 Å². The maximum atomic E-state index is 10.7. The van der Waals surface area contributed by atoms with E-state index in [1.54, 1.807) is 6.07 Å². The first-order valence-corrected chi connectivity index (χ1v) is 7.20. The molecule has 0 amide bonds. The number of likely N-dealkylation sites (N-methyl/N-ethyl adjacent to an activating group) is 1. The van der Waals surface area contributed by atoms with Crippen LogP contribution in [0.1, 0.15) is 19.8 Å². The van der Waals surface area contributed by atoms with Gasteiger partial charge in [0.15, 0.2) is 5.58 Å². The Bertz CT molecular complexity index is 651. The van der Waals surface area contributed by atoms with Crippen LogP contribution in [0.25, 0.3) is 11.1 Å². The molecule has 0 atom stereocenters. The second kappa shape index (κ2) is 5.69. The minimum atomic E-state index is -0.441. The molecule has 0 saturated heterocycles. The van der Waals surface area contributed by atoms with E-state index in [0.29, 0.717) is 17.1 Å². The maximum absolute atomic E-state index is 10.7. The smallest absolute Gasteiger partial charge is 0.295 e. The molecule has 2 aromatic rings. The first-order valence-electron chi connectivity index (χ1n) is 7.20. The molecular formula is C14H18N4O3. The zero-order chi connectivity index (χ0) is 14.8. The highest BCUT2D eigenvalue weighted by molar-refractivity contribution is 5.77. The number of nitrogens with one attached hydrogen (secondary N) is 1. The van der Waals surface area contributed by atoms with Crippen molar-refractivity contribution in [3.05, 3.63) is 28.3 Å². The Kier molecular flexibility index (Phi) is 3.74. The lowest BCUT2D eigenvalue weighted by Gasteiger charge is -2.19. The maximum Gasteiger partial charge on any atom is 0.295 e. The van der Waals surface area contributed by atoms with E-state index in [-0.39, 0.29) is 5.69 Å². The summed E-state index contributed by atoms with van der Waals surface area (Å²) in [6.45, 7) is 4.91. The number of hydrogen-bond donors (Lipinski definition) is 1. The molecule has 7 heteroatoms. The molecule has 3 rings (SSSR count). The van der Waals surface area contributed by atoms with Gasteiger partial charge in [0.2, 0.25) is 0 Å². The number of fused-ring (bicyclic) bond motifs is 1. The number of hydrogen-bond acceptors (Lipinski definition) is 6. The summed E-state index contributed by atoms with van der Waals surface area (Å²) in [5.41, 5.74) is 1.06. The van der Waals surface area contributed by atoms with Crippen LogP contribution in [0, 0.1) is 10.1 Å². The number of non-ortho nitro benzene ring substituents is 1. The van der Waals surface area contributed by atoms with Crippen molar-refractivity contribution >= 4 is 22.8 Å². The predicted octanol–water partition coefficient (Wildman–Crippen LogP) is 2.63. The molecule has 1 aromatic carbocycles. The molecule has 0 unspecified atom stereocenters. The molecule has 0 spiro atoms. The second-order valence-corrected chi connectivity index (χ2v) is 5.21. The molecule has 1 fully saturated rings. The number of nitro groups is 1. The predicted molar refractivity (Wildman–Crippen MR) is 79.4 cm³/mol. The van der Waals surface area contributed by atoms with Crippen LogP contribution in [0.4, 0.5) is 11.7 Å². The van der Waals surface area contributed by atoms with Crippen LogP contribution in [0.15, 0.2) is 22.6 Å². The van der Waals surface area contributed by atoms with E-state index in [1.165, 1.54) is 25.0 Å². The van der Waals surface area contributed by atoms with Crippen molar-refractivity contribution in [3.63, 3.8) is 0 Å². The Hall–Kier alpha value is -2.15. The van der Waals surface area contributed by atoms with Gasteiger partial charge in [-0.15, -0.1) is 0 Å². The van der Waals surface area contributed by atoms with Crippen molar-refractivity contribution < 1.29 is 9.34 Å². The number of rotatable bonds is 7. The van der Waals surface area contributed by atoms with Crippen LogP contribution in [0.3, 0.4) is 0 Å². The van der Waals surface area contributed by atoms with Gasteiger partial charge in [-0.05, 0) is 25.5 Å². The van der Waals surface area contributed by atoms with Gasteiger partial charge < -0.3 is 9.73 Å². The third kappa shape index (κ3) is 3.13.